The maximum absolute atomic E-state index is 12.7. The smallest absolute Gasteiger partial charge is 0.320 e. The molecule has 3 saturated heterocycles. The summed E-state index contributed by atoms with van der Waals surface area (Å²) in [5, 5.41) is 18.9. The van der Waals surface area contributed by atoms with E-state index in [1.807, 2.05) is 4.90 Å². The highest BCUT2D eigenvalue weighted by molar-refractivity contribution is 5.77. The summed E-state index contributed by atoms with van der Waals surface area (Å²) >= 11 is 0. The SMILES string of the molecule is O=C(O)[C@@H]1CCCN(C(=O)N2C3CCC2CC(O)C3)C1. The van der Waals surface area contributed by atoms with Crippen molar-refractivity contribution in [2.75, 3.05) is 13.1 Å². The van der Waals surface area contributed by atoms with Crippen molar-refractivity contribution in [1.82, 2.24) is 9.80 Å². The molecule has 3 fully saturated rings. The number of aliphatic carboxylic acids is 1. The molecule has 0 radical (unpaired) electrons. The van der Waals surface area contributed by atoms with Gasteiger partial charge in [0.05, 0.1) is 12.0 Å². The number of hydrogen-bond donors (Lipinski definition) is 2. The van der Waals surface area contributed by atoms with Gasteiger partial charge in [-0.1, -0.05) is 0 Å². The van der Waals surface area contributed by atoms with Crippen LogP contribution >= 0.6 is 0 Å². The van der Waals surface area contributed by atoms with E-state index in [0.717, 1.165) is 19.3 Å². The number of carboxylic acid groups (broad SMARTS) is 1. The lowest BCUT2D eigenvalue weighted by atomic mass is 9.97. The molecule has 0 aliphatic carbocycles. The summed E-state index contributed by atoms with van der Waals surface area (Å²) in [5.74, 6) is -1.24. The average Bonchev–Trinajstić information content (AvgIpc) is 2.70. The summed E-state index contributed by atoms with van der Waals surface area (Å²) < 4.78 is 0. The topological polar surface area (TPSA) is 81.1 Å². The van der Waals surface area contributed by atoms with Gasteiger partial charge in [-0.3, -0.25) is 4.79 Å². The molecule has 2 amide bonds. The van der Waals surface area contributed by atoms with Gasteiger partial charge in [0.25, 0.3) is 0 Å². The van der Waals surface area contributed by atoms with E-state index in [-0.39, 0.29) is 24.2 Å². The number of urea groups is 1. The molecule has 0 aromatic heterocycles. The van der Waals surface area contributed by atoms with E-state index in [2.05, 4.69) is 0 Å². The van der Waals surface area contributed by atoms with Gasteiger partial charge >= 0.3 is 12.0 Å². The number of fused-ring (bicyclic) bond motifs is 2. The van der Waals surface area contributed by atoms with Crippen LogP contribution in [0.15, 0.2) is 0 Å². The van der Waals surface area contributed by atoms with Crippen LogP contribution in [-0.2, 0) is 4.79 Å². The number of piperidine rings is 2. The minimum atomic E-state index is -0.806. The van der Waals surface area contributed by atoms with Crippen molar-refractivity contribution in [3.63, 3.8) is 0 Å². The van der Waals surface area contributed by atoms with Gasteiger partial charge in [-0.25, -0.2) is 4.79 Å². The predicted octanol–water partition coefficient (Wildman–Crippen LogP) is 0.891. The molecule has 3 aliphatic rings. The number of carbonyl (C=O) groups is 2. The lowest BCUT2D eigenvalue weighted by Crippen LogP contribution is -2.55. The molecule has 0 aromatic rings. The second-order valence-corrected chi connectivity index (χ2v) is 6.32. The third kappa shape index (κ3) is 2.37. The van der Waals surface area contributed by atoms with Crippen molar-refractivity contribution in [3.05, 3.63) is 0 Å². The molecule has 112 valence electrons. The molecule has 3 rings (SSSR count). The monoisotopic (exact) mass is 282 g/mol. The van der Waals surface area contributed by atoms with Crippen molar-refractivity contribution < 1.29 is 19.8 Å². The Morgan fingerprint density at radius 1 is 1.05 bits per heavy atom. The highest BCUT2D eigenvalue weighted by atomic mass is 16.4. The fraction of sp³-hybridized carbons (Fsp3) is 0.857. The standard InChI is InChI=1S/C14H22N2O4/c17-12-6-10-3-4-11(7-12)16(10)14(20)15-5-1-2-9(8-15)13(18)19/h9-12,17H,1-8H2,(H,18,19)/t9-,10?,11?,12?/m1/s1. The molecule has 6 nitrogen and oxygen atoms in total. The Labute approximate surface area is 118 Å². The third-order valence-corrected chi connectivity index (χ3v) is 4.97. The number of nitrogens with zero attached hydrogens (tertiary/aromatic N) is 2. The van der Waals surface area contributed by atoms with E-state index in [0.29, 0.717) is 32.4 Å². The van der Waals surface area contributed by atoms with E-state index < -0.39 is 11.9 Å². The molecule has 2 unspecified atom stereocenters. The second kappa shape index (κ2) is 5.24. The van der Waals surface area contributed by atoms with Crippen LogP contribution in [0.5, 0.6) is 0 Å². The second-order valence-electron chi connectivity index (χ2n) is 6.32. The van der Waals surface area contributed by atoms with Crippen LogP contribution < -0.4 is 0 Å². The van der Waals surface area contributed by atoms with Gasteiger partial charge in [-0.2, -0.15) is 0 Å². The summed E-state index contributed by atoms with van der Waals surface area (Å²) in [6.07, 6.45) is 4.38. The van der Waals surface area contributed by atoms with E-state index in [4.69, 9.17) is 5.11 Å². The van der Waals surface area contributed by atoms with Gasteiger partial charge in [0.1, 0.15) is 0 Å². The van der Waals surface area contributed by atoms with E-state index in [1.165, 1.54) is 0 Å². The summed E-state index contributed by atoms with van der Waals surface area (Å²) in [6.45, 7) is 0.980. The Bertz CT molecular complexity index is 400. The normalized spacial score (nSPS) is 37.0. The Hall–Kier alpha value is -1.30. The zero-order valence-corrected chi connectivity index (χ0v) is 11.6. The number of aliphatic hydroxyl groups is 1. The fourth-order valence-corrected chi connectivity index (χ4v) is 3.98. The van der Waals surface area contributed by atoms with Crippen LogP contribution in [-0.4, -0.2) is 63.3 Å². The van der Waals surface area contributed by atoms with Gasteiger partial charge in [0, 0.05) is 25.2 Å². The summed E-state index contributed by atoms with van der Waals surface area (Å²) in [4.78, 5) is 27.4. The van der Waals surface area contributed by atoms with Crippen molar-refractivity contribution in [1.29, 1.82) is 0 Å². The summed E-state index contributed by atoms with van der Waals surface area (Å²) in [7, 11) is 0. The maximum Gasteiger partial charge on any atom is 0.320 e. The van der Waals surface area contributed by atoms with E-state index in [9.17, 15) is 14.7 Å². The van der Waals surface area contributed by atoms with Crippen molar-refractivity contribution >= 4 is 12.0 Å². The van der Waals surface area contributed by atoms with Gasteiger partial charge in [-0.05, 0) is 38.5 Å². The number of amides is 2. The fourth-order valence-electron chi connectivity index (χ4n) is 3.98. The first kappa shape index (κ1) is 13.7. The van der Waals surface area contributed by atoms with Gasteiger partial charge in [0.2, 0.25) is 0 Å². The molecule has 2 N–H and O–H groups in total. The van der Waals surface area contributed by atoms with Crippen molar-refractivity contribution in [2.45, 2.75) is 56.7 Å². The molecule has 2 bridgehead atoms. The quantitative estimate of drug-likeness (QED) is 0.748. The minimum absolute atomic E-state index is 0.0182. The van der Waals surface area contributed by atoms with Gasteiger partial charge in [-0.15, -0.1) is 0 Å². The van der Waals surface area contributed by atoms with E-state index in [1.54, 1.807) is 4.90 Å². The molecule has 6 heteroatoms. The van der Waals surface area contributed by atoms with Crippen molar-refractivity contribution in [2.24, 2.45) is 5.92 Å². The summed E-state index contributed by atoms with van der Waals surface area (Å²) in [5.41, 5.74) is 0. The Kier molecular flexibility index (Phi) is 3.58. The van der Waals surface area contributed by atoms with Gasteiger partial charge in [0.15, 0.2) is 0 Å². The Morgan fingerprint density at radius 2 is 1.70 bits per heavy atom. The molecular formula is C14H22N2O4. The number of carbonyl (C=O) groups excluding carboxylic acids is 1. The number of aliphatic hydroxyl groups excluding tert-OH is 1. The molecule has 3 atom stereocenters. The molecule has 0 spiro atoms. The predicted molar refractivity (Wildman–Crippen MR) is 71.2 cm³/mol. The molecule has 3 heterocycles. The first-order valence-electron chi connectivity index (χ1n) is 7.54. The molecule has 20 heavy (non-hydrogen) atoms. The lowest BCUT2D eigenvalue weighted by Gasteiger charge is -2.41. The van der Waals surface area contributed by atoms with Crippen LogP contribution in [0.3, 0.4) is 0 Å². The van der Waals surface area contributed by atoms with E-state index >= 15 is 0 Å². The molecular weight excluding hydrogens is 260 g/mol. The van der Waals surface area contributed by atoms with Gasteiger partial charge < -0.3 is 20.0 Å². The zero-order chi connectivity index (χ0) is 14.3. The Morgan fingerprint density at radius 3 is 2.30 bits per heavy atom. The van der Waals surface area contributed by atoms with Crippen LogP contribution in [0.2, 0.25) is 0 Å². The number of hydrogen-bond acceptors (Lipinski definition) is 3. The van der Waals surface area contributed by atoms with Crippen LogP contribution in [0.25, 0.3) is 0 Å². The van der Waals surface area contributed by atoms with Crippen molar-refractivity contribution in [3.8, 4) is 0 Å². The third-order valence-electron chi connectivity index (χ3n) is 4.97. The number of likely N-dealkylation sites (tertiary alicyclic amines) is 1. The lowest BCUT2D eigenvalue weighted by molar-refractivity contribution is -0.143. The maximum atomic E-state index is 12.7. The summed E-state index contributed by atoms with van der Waals surface area (Å²) in [6, 6.07) is 0.262. The Balaban J connectivity index is 1.68. The molecule has 0 aromatic carbocycles. The first-order chi connectivity index (χ1) is 9.56. The first-order valence-corrected chi connectivity index (χ1v) is 7.54. The minimum Gasteiger partial charge on any atom is -0.481 e. The number of rotatable bonds is 1. The average molecular weight is 282 g/mol. The van der Waals surface area contributed by atoms with Crippen LogP contribution in [0.1, 0.15) is 38.5 Å². The van der Waals surface area contributed by atoms with Crippen LogP contribution in [0.4, 0.5) is 4.79 Å². The molecule has 0 saturated carbocycles. The highest BCUT2D eigenvalue weighted by Gasteiger charge is 2.44. The molecule has 3 aliphatic heterocycles. The number of carboxylic acids is 1. The van der Waals surface area contributed by atoms with Crippen LogP contribution in [0, 0.1) is 5.92 Å². The highest BCUT2D eigenvalue weighted by Crippen LogP contribution is 2.37. The zero-order valence-electron chi connectivity index (χ0n) is 11.6. The largest absolute Gasteiger partial charge is 0.481 e.